The fourth-order valence-electron chi connectivity index (χ4n) is 2.73. The van der Waals surface area contributed by atoms with Gasteiger partial charge in [0, 0.05) is 24.2 Å². The molecule has 3 heteroatoms. The molecule has 98 valence electrons. The number of rotatable bonds is 3. The number of carbonyl (C=O) groups is 1. The Labute approximate surface area is 109 Å². The van der Waals surface area contributed by atoms with E-state index in [9.17, 15) is 4.79 Å². The Kier molecular flexibility index (Phi) is 3.71. The van der Waals surface area contributed by atoms with E-state index in [2.05, 4.69) is 25.1 Å². The molecule has 1 aliphatic heterocycles. The lowest BCUT2D eigenvalue weighted by molar-refractivity contribution is -0.118. The molecular weight excluding hydrogens is 224 g/mol. The number of anilines is 1. The SMILES string of the molecule is CCC(=O)N1c2ccc(CC(C)N)cc2CC1C. The van der Waals surface area contributed by atoms with Gasteiger partial charge in [0.15, 0.2) is 0 Å². The molecule has 0 saturated carbocycles. The van der Waals surface area contributed by atoms with Crippen LogP contribution >= 0.6 is 0 Å². The van der Waals surface area contributed by atoms with Gasteiger partial charge in [-0.3, -0.25) is 4.79 Å². The van der Waals surface area contributed by atoms with Gasteiger partial charge < -0.3 is 10.6 Å². The van der Waals surface area contributed by atoms with Crippen LogP contribution in [0.1, 0.15) is 38.3 Å². The van der Waals surface area contributed by atoms with Crippen LogP contribution in [0.15, 0.2) is 18.2 Å². The lowest BCUT2D eigenvalue weighted by Gasteiger charge is -2.22. The predicted molar refractivity (Wildman–Crippen MR) is 74.7 cm³/mol. The van der Waals surface area contributed by atoms with Gasteiger partial charge in [-0.05, 0) is 43.9 Å². The molecule has 0 aromatic heterocycles. The Morgan fingerprint density at radius 2 is 2.28 bits per heavy atom. The van der Waals surface area contributed by atoms with E-state index in [-0.39, 0.29) is 18.0 Å². The molecular formula is C15H22N2O. The third-order valence-corrected chi connectivity index (χ3v) is 3.49. The highest BCUT2D eigenvalue weighted by Crippen LogP contribution is 2.33. The average Bonchev–Trinajstić information content (AvgIpc) is 2.62. The highest BCUT2D eigenvalue weighted by atomic mass is 16.2. The van der Waals surface area contributed by atoms with Gasteiger partial charge in [0.05, 0.1) is 0 Å². The van der Waals surface area contributed by atoms with E-state index in [4.69, 9.17) is 5.73 Å². The number of nitrogens with zero attached hydrogens (tertiary/aromatic N) is 1. The minimum Gasteiger partial charge on any atom is -0.328 e. The Hall–Kier alpha value is -1.35. The first kappa shape index (κ1) is 13.1. The van der Waals surface area contributed by atoms with Gasteiger partial charge in [-0.1, -0.05) is 19.1 Å². The third-order valence-electron chi connectivity index (χ3n) is 3.49. The fraction of sp³-hybridized carbons (Fsp3) is 0.533. The van der Waals surface area contributed by atoms with Crippen molar-refractivity contribution < 1.29 is 4.79 Å². The summed E-state index contributed by atoms with van der Waals surface area (Å²) in [5.41, 5.74) is 9.46. The topological polar surface area (TPSA) is 46.3 Å². The van der Waals surface area contributed by atoms with Crippen molar-refractivity contribution in [2.45, 2.75) is 52.1 Å². The van der Waals surface area contributed by atoms with Crippen molar-refractivity contribution in [3.63, 3.8) is 0 Å². The van der Waals surface area contributed by atoms with Crippen LogP contribution < -0.4 is 10.6 Å². The number of fused-ring (bicyclic) bond motifs is 1. The quantitative estimate of drug-likeness (QED) is 0.889. The molecule has 0 aliphatic carbocycles. The molecule has 0 saturated heterocycles. The molecule has 0 radical (unpaired) electrons. The largest absolute Gasteiger partial charge is 0.328 e. The zero-order valence-corrected chi connectivity index (χ0v) is 11.4. The predicted octanol–water partition coefficient (Wildman–Crippen LogP) is 2.26. The molecule has 2 unspecified atom stereocenters. The zero-order chi connectivity index (χ0) is 13.3. The van der Waals surface area contributed by atoms with Crippen molar-refractivity contribution in [3.8, 4) is 0 Å². The van der Waals surface area contributed by atoms with Crippen molar-refractivity contribution in [1.82, 2.24) is 0 Å². The summed E-state index contributed by atoms with van der Waals surface area (Å²) < 4.78 is 0. The molecule has 2 rings (SSSR count). The van der Waals surface area contributed by atoms with Crippen molar-refractivity contribution >= 4 is 11.6 Å². The smallest absolute Gasteiger partial charge is 0.226 e. The van der Waals surface area contributed by atoms with Gasteiger partial charge >= 0.3 is 0 Å². The zero-order valence-electron chi connectivity index (χ0n) is 11.4. The number of nitrogens with two attached hydrogens (primary N) is 1. The number of carbonyl (C=O) groups excluding carboxylic acids is 1. The summed E-state index contributed by atoms with van der Waals surface area (Å²) in [6.07, 6.45) is 2.41. The van der Waals surface area contributed by atoms with Crippen LogP contribution in [0.3, 0.4) is 0 Å². The van der Waals surface area contributed by atoms with E-state index in [1.165, 1.54) is 11.1 Å². The Balaban J connectivity index is 2.29. The summed E-state index contributed by atoms with van der Waals surface area (Å²) in [7, 11) is 0. The Morgan fingerprint density at radius 1 is 1.56 bits per heavy atom. The number of benzene rings is 1. The molecule has 2 N–H and O–H groups in total. The Bertz CT molecular complexity index is 454. The van der Waals surface area contributed by atoms with Crippen molar-refractivity contribution in [3.05, 3.63) is 29.3 Å². The molecule has 3 nitrogen and oxygen atoms in total. The first-order valence-corrected chi connectivity index (χ1v) is 6.72. The number of hydrogen-bond acceptors (Lipinski definition) is 2. The second-order valence-electron chi connectivity index (χ2n) is 5.31. The van der Waals surface area contributed by atoms with E-state index in [1.807, 2.05) is 18.7 Å². The highest BCUT2D eigenvalue weighted by molar-refractivity contribution is 5.96. The fourth-order valence-corrected chi connectivity index (χ4v) is 2.73. The van der Waals surface area contributed by atoms with Crippen molar-refractivity contribution in [2.75, 3.05) is 4.90 Å². The lowest BCUT2D eigenvalue weighted by atomic mass is 10.0. The van der Waals surface area contributed by atoms with E-state index in [1.54, 1.807) is 0 Å². The van der Waals surface area contributed by atoms with Crippen LogP contribution in [0.25, 0.3) is 0 Å². The third kappa shape index (κ3) is 2.41. The molecule has 1 amide bonds. The highest BCUT2D eigenvalue weighted by Gasteiger charge is 2.29. The standard InChI is InChI=1S/C15H22N2O/c1-4-15(18)17-11(3)8-13-9-12(7-10(2)16)5-6-14(13)17/h5-6,9-11H,4,7-8,16H2,1-3H3. The minimum atomic E-state index is 0.176. The monoisotopic (exact) mass is 246 g/mol. The molecule has 2 atom stereocenters. The van der Waals surface area contributed by atoms with Gasteiger partial charge in [-0.25, -0.2) is 0 Å². The summed E-state index contributed by atoms with van der Waals surface area (Å²) in [6, 6.07) is 6.83. The van der Waals surface area contributed by atoms with Gasteiger partial charge in [0.1, 0.15) is 0 Å². The molecule has 18 heavy (non-hydrogen) atoms. The summed E-state index contributed by atoms with van der Waals surface area (Å²) in [5, 5.41) is 0. The van der Waals surface area contributed by atoms with E-state index >= 15 is 0 Å². The van der Waals surface area contributed by atoms with Crippen LogP contribution in [0, 0.1) is 0 Å². The Morgan fingerprint density at radius 3 is 2.89 bits per heavy atom. The van der Waals surface area contributed by atoms with E-state index < -0.39 is 0 Å². The van der Waals surface area contributed by atoms with Crippen LogP contribution in [-0.2, 0) is 17.6 Å². The molecule has 1 heterocycles. The second kappa shape index (κ2) is 5.11. The van der Waals surface area contributed by atoms with E-state index in [0.717, 1.165) is 18.5 Å². The summed E-state index contributed by atoms with van der Waals surface area (Å²) in [4.78, 5) is 13.9. The van der Waals surface area contributed by atoms with Crippen molar-refractivity contribution in [1.29, 1.82) is 0 Å². The van der Waals surface area contributed by atoms with Crippen LogP contribution in [0.5, 0.6) is 0 Å². The number of hydrogen-bond donors (Lipinski definition) is 1. The molecule has 0 spiro atoms. The maximum absolute atomic E-state index is 12.0. The summed E-state index contributed by atoms with van der Waals surface area (Å²) in [5.74, 6) is 0.209. The maximum atomic E-state index is 12.0. The maximum Gasteiger partial charge on any atom is 0.226 e. The molecule has 1 aliphatic rings. The average molecular weight is 246 g/mol. The minimum absolute atomic E-state index is 0.176. The summed E-state index contributed by atoms with van der Waals surface area (Å²) >= 11 is 0. The second-order valence-corrected chi connectivity index (χ2v) is 5.31. The molecule has 0 bridgehead atoms. The first-order valence-electron chi connectivity index (χ1n) is 6.72. The van der Waals surface area contributed by atoms with Gasteiger partial charge in [-0.15, -0.1) is 0 Å². The van der Waals surface area contributed by atoms with Gasteiger partial charge in [0.2, 0.25) is 5.91 Å². The lowest BCUT2D eigenvalue weighted by Crippen LogP contribution is -2.35. The molecule has 1 aromatic rings. The van der Waals surface area contributed by atoms with Crippen LogP contribution in [0.2, 0.25) is 0 Å². The van der Waals surface area contributed by atoms with Crippen LogP contribution in [0.4, 0.5) is 5.69 Å². The summed E-state index contributed by atoms with van der Waals surface area (Å²) in [6.45, 7) is 6.04. The molecule has 0 fully saturated rings. The molecule has 1 aromatic carbocycles. The first-order chi connectivity index (χ1) is 8.52. The van der Waals surface area contributed by atoms with Crippen LogP contribution in [-0.4, -0.2) is 18.0 Å². The number of amides is 1. The van der Waals surface area contributed by atoms with Gasteiger partial charge in [-0.2, -0.15) is 0 Å². The van der Waals surface area contributed by atoms with Gasteiger partial charge in [0.25, 0.3) is 0 Å². The van der Waals surface area contributed by atoms with E-state index in [0.29, 0.717) is 6.42 Å². The normalized spacial score (nSPS) is 19.8. The van der Waals surface area contributed by atoms with Crippen molar-refractivity contribution in [2.24, 2.45) is 5.73 Å².